The monoisotopic (exact) mass is 212 g/mol. The zero-order valence-electron chi connectivity index (χ0n) is 8.01. The molecular weight excluding hydrogens is 200 g/mol. The highest BCUT2D eigenvalue weighted by Crippen LogP contribution is 2.23. The Kier molecular flexibility index (Phi) is 2.46. The Morgan fingerprint density at radius 2 is 2.60 bits per heavy atom. The molecule has 82 valence electrons. The number of morpholine rings is 1. The number of nitrogens with two attached hydrogens (primary N) is 1. The van der Waals surface area contributed by atoms with Gasteiger partial charge >= 0.3 is 6.09 Å². The van der Waals surface area contributed by atoms with Crippen LogP contribution in [0.5, 0.6) is 0 Å². The van der Waals surface area contributed by atoms with Gasteiger partial charge in [-0.25, -0.2) is 4.79 Å². The van der Waals surface area contributed by atoms with E-state index in [1.165, 1.54) is 4.90 Å². The maximum absolute atomic E-state index is 10.9. The molecule has 7 nitrogen and oxygen atoms in total. The van der Waals surface area contributed by atoms with E-state index in [1.54, 1.807) is 6.07 Å². The molecule has 0 radical (unpaired) electrons. The fourth-order valence-electron chi connectivity index (χ4n) is 1.61. The van der Waals surface area contributed by atoms with Crippen molar-refractivity contribution in [1.29, 1.82) is 0 Å². The maximum atomic E-state index is 10.9. The number of aromatic nitrogens is 2. The first-order chi connectivity index (χ1) is 7.18. The van der Waals surface area contributed by atoms with Crippen molar-refractivity contribution in [2.75, 3.05) is 25.5 Å². The third-order valence-electron chi connectivity index (χ3n) is 2.35. The van der Waals surface area contributed by atoms with Gasteiger partial charge in [-0.3, -0.25) is 10.00 Å². The summed E-state index contributed by atoms with van der Waals surface area (Å²) in [5.74, 6) is 0.348. The number of hydrogen-bond donors (Lipinski definition) is 3. The van der Waals surface area contributed by atoms with Crippen LogP contribution >= 0.6 is 0 Å². The Bertz CT molecular complexity index is 365. The summed E-state index contributed by atoms with van der Waals surface area (Å²) in [5.41, 5.74) is 6.12. The van der Waals surface area contributed by atoms with Gasteiger partial charge in [0.15, 0.2) is 0 Å². The normalized spacial score (nSPS) is 21.6. The van der Waals surface area contributed by atoms with E-state index < -0.39 is 6.09 Å². The highest BCUT2D eigenvalue weighted by atomic mass is 16.5. The molecule has 1 fully saturated rings. The fraction of sp³-hybridized carbons (Fsp3) is 0.500. The van der Waals surface area contributed by atoms with Crippen LogP contribution in [0.1, 0.15) is 11.7 Å². The van der Waals surface area contributed by atoms with Crippen molar-refractivity contribution in [3.8, 4) is 0 Å². The molecule has 7 heteroatoms. The molecule has 1 atom stereocenters. The Morgan fingerprint density at radius 1 is 1.80 bits per heavy atom. The third-order valence-corrected chi connectivity index (χ3v) is 2.35. The van der Waals surface area contributed by atoms with Gasteiger partial charge in [0, 0.05) is 12.6 Å². The van der Waals surface area contributed by atoms with Gasteiger partial charge in [0.1, 0.15) is 11.9 Å². The van der Waals surface area contributed by atoms with Crippen LogP contribution in [-0.4, -0.2) is 46.1 Å². The molecule has 1 amide bonds. The number of carbonyl (C=O) groups is 1. The van der Waals surface area contributed by atoms with Gasteiger partial charge < -0.3 is 15.6 Å². The number of hydrogen-bond acceptors (Lipinski definition) is 4. The Morgan fingerprint density at radius 3 is 3.20 bits per heavy atom. The van der Waals surface area contributed by atoms with E-state index in [-0.39, 0.29) is 6.04 Å². The lowest BCUT2D eigenvalue weighted by atomic mass is 10.1. The first-order valence-corrected chi connectivity index (χ1v) is 4.56. The summed E-state index contributed by atoms with van der Waals surface area (Å²) < 4.78 is 5.23. The van der Waals surface area contributed by atoms with Gasteiger partial charge in [0.2, 0.25) is 0 Å². The quantitative estimate of drug-likeness (QED) is 0.609. The molecule has 1 aromatic rings. The number of amides is 1. The van der Waals surface area contributed by atoms with E-state index in [0.29, 0.717) is 31.3 Å². The Hall–Kier alpha value is -1.76. The summed E-state index contributed by atoms with van der Waals surface area (Å²) in [6.07, 6.45) is -0.962. The van der Waals surface area contributed by atoms with Crippen molar-refractivity contribution >= 4 is 11.9 Å². The summed E-state index contributed by atoms with van der Waals surface area (Å²) in [5, 5.41) is 15.4. The second kappa shape index (κ2) is 3.77. The molecule has 0 aliphatic carbocycles. The minimum atomic E-state index is -0.962. The summed E-state index contributed by atoms with van der Waals surface area (Å²) in [4.78, 5) is 12.3. The molecule has 2 heterocycles. The standard InChI is InChI=1S/C8H12N4O3/c9-7-3-5(10-11-7)6-4-15-2-1-12(6)8(13)14/h3,6H,1-2,4H2,(H,13,14)(H3,9,10,11). The smallest absolute Gasteiger partial charge is 0.408 e. The van der Waals surface area contributed by atoms with E-state index in [1.807, 2.05) is 0 Å². The molecule has 1 saturated heterocycles. The molecule has 4 N–H and O–H groups in total. The lowest BCUT2D eigenvalue weighted by Gasteiger charge is -2.32. The van der Waals surface area contributed by atoms with Gasteiger partial charge in [-0.05, 0) is 0 Å². The zero-order valence-corrected chi connectivity index (χ0v) is 8.01. The molecule has 1 unspecified atom stereocenters. The SMILES string of the molecule is Nc1cc(C2COCCN2C(=O)O)[nH]n1. The lowest BCUT2D eigenvalue weighted by molar-refractivity contribution is -0.00228. The second-order valence-corrected chi connectivity index (χ2v) is 3.31. The van der Waals surface area contributed by atoms with Gasteiger partial charge in [-0.2, -0.15) is 5.10 Å². The van der Waals surface area contributed by atoms with Crippen molar-refractivity contribution in [3.05, 3.63) is 11.8 Å². The number of rotatable bonds is 1. The Balaban J connectivity index is 2.21. The number of nitrogens with one attached hydrogen (secondary N) is 1. The van der Waals surface area contributed by atoms with E-state index in [9.17, 15) is 4.79 Å². The van der Waals surface area contributed by atoms with Crippen LogP contribution in [-0.2, 0) is 4.74 Å². The molecule has 0 bridgehead atoms. The minimum absolute atomic E-state index is 0.327. The number of aromatic amines is 1. The summed E-state index contributed by atoms with van der Waals surface area (Å²) in [6, 6.07) is 1.27. The maximum Gasteiger partial charge on any atom is 0.408 e. The number of carboxylic acid groups (broad SMARTS) is 1. The van der Waals surface area contributed by atoms with Crippen LogP contribution in [0.25, 0.3) is 0 Å². The molecule has 0 spiro atoms. The molecule has 1 aliphatic heterocycles. The van der Waals surface area contributed by atoms with Crippen molar-refractivity contribution in [2.45, 2.75) is 6.04 Å². The lowest BCUT2D eigenvalue weighted by Crippen LogP contribution is -2.42. The average Bonchev–Trinajstić information content (AvgIpc) is 2.65. The van der Waals surface area contributed by atoms with Gasteiger partial charge in [-0.15, -0.1) is 0 Å². The number of H-pyrrole nitrogens is 1. The van der Waals surface area contributed by atoms with Crippen molar-refractivity contribution in [3.63, 3.8) is 0 Å². The van der Waals surface area contributed by atoms with Crippen molar-refractivity contribution in [1.82, 2.24) is 15.1 Å². The molecule has 0 saturated carbocycles. The predicted octanol–water partition coefficient (Wildman–Crippen LogP) is 0.0432. The van der Waals surface area contributed by atoms with E-state index in [0.717, 1.165) is 0 Å². The van der Waals surface area contributed by atoms with Gasteiger partial charge in [-0.1, -0.05) is 0 Å². The topological polar surface area (TPSA) is 104 Å². The highest BCUT2D eigenvalue weighted by molar-refractivity contribution is 5.66. The number of nitrogens with zero attached hydrogens (tertiary/aromatic N) is 2. The van der Waals surface area contributed by atoms with Crippen LogP contribution in [0, 0.1) is 0 Å². The van der Waals surface area contributed by atoms with Crippen LogP contribution in [0.3, 0.4) is 0 Å². The Labute approximate surface area is 85.8 Å². The minimum Gasteiger partial charge on any atom is -0.465 e. The molecule has 1 aromatic heterocycles. The van der Waals surface area contributed by atoms with Gasteiger partial charge in [0.25, 0.3) is 0 Å². The number of anilines is 1. The van der Waals surface area contributed by atoms with Crippen molar-refractivity contribution in [2.24, 2.45) is 0 Å². The predicted molar refractivity (Wildman–Crippen MR) is 51.3 cm³/mol. The summed E-state index contributed by atoms with van der Waals surface area (Å²) in [6.45, 7) is 1.11. The first kappa shape index (κ1) is 9.78. The molecule has 0 aromatic carbocycles. The van der Waals surface area contributed by atoms with Crippen molar-refractivity contribution < 1.29 is 14.6 Å². The first-order valence-electron chi connectivity index (χ1n) is 4.56. The van der Waals surface area contributed by atoms with Crippen LogP contribution < -0.4 is 5.73 Å². The average molecular weight is 212 g/mol. The number of nitrogen functional groups attached to an aromatic ring is 1. The van der Waals surface area contributed by atoms with Crippen LogP contribution in [0.2, 0.25) is 0 Å². The second-order valence-electron chi connectivity index (χ2n) is 3.31. The zero-order chi connectivity index (χ0) is 10.8. The van der Waals surface area contributed by atoms with Crippen LogP contribution in [0.4, 0.5) is 10.6 Å². The van der Waals surface area contributed by atoms with E-state index in [2.05, 4.69) is 10.2 Å². The van der Waals surface area contributed by atoms with E-state index in [4.69, 9.17) is 15.6 Å². The third kappa shape index (κ3) is 1.86. The highest BCUT2D eigenvalue weighted by Gasteiger charge is 2.29. The van der Waals surface area contributed by atoms with Gasteiger partial charge in [0.05, 0.1) is 18.9 Å². The number of ether oxygens (including phenoxy) is 1. The molecule has 15 heavy (non-hydrogen) atoms. The van der Waals surface area contributed by atoms with Crippen LogP contribution in [0.15, 0.2) is 6.07 Å². The summed E-state index contributed by atoms with van der Waals surface area (Å²) in [7, 11) is 0. The summed E-state index contributed by atoms with van der Waals surface area (Å²) >= 11 is 0. The molecule has 1 aliphatic rings. The fourth-order valence-corrected chi connectivity index (χ4v) is 1.61. The molecule has 2 rings (SSSR count). The van der Waals surface area contributed by atoms with E-state index >= 15 is 0 Å². The largest absolute Gasteiger partial charge is 0.465 e. The molecular formula is C8H12N4O3.